The highest BCUT2D eigenvalue weighted by atomic mass is 32.2. The smallest absolute Gasteiger partial charge is 0.316 e. The highest BCUT2D eigenvalue weighted by Crippen LogP contribution is 2.39. The third-order valence-electron chi connectivity index (χ3n) is 4.59. The molecule has 2 aliphatic rings. The van der Waals surface area contributed by atoms with Crippen LogP contribution in [0.2, 0.25) is 0 Å². The van der Waals surface area contributed by atoms with Gasteiger partial charge in [0.15, 0.2) is 17.3 Å². The molecule has 0 aromatic carbocycles. The van der Waals surface area contributed by atoms with E-state index in [0.29, 0.717) is 17.4 Å². The number of ketones is 3. The number of rotatable bonds is 7. The van der Waals surface area contributed by atoms with E-state index in [9.17, 15) is 19.2 Å². The number of thioether (sulfide) groups is 2. The van der Waals surface area contributed by atoms with Crippen molar-refractivity contribution in [2.24, 2.45) is 17.8 Å². The van der Waals surface area contributed by atoms with Gasteiger partial charge < -0.3 is 4.74 Å². The summed E-state index contributed by atoms with van der Waals surface area (Å²) in [6.45, 7) is 1.83. The van der Waals surface area contributed by atoms with E-state index in [-0.39, 0.29) is 30.3 Å². The summed E-state index contributed by atoms with van der Waals surface area (Å²) in [6.07, 6.45) is 2.39. The van der Waals surface area contributed by atoms with Crippen LogP contribution in [0.5, 0.6) is 0 Å². The van der Waals surface area contributed by atoms with Gasteiger partial charge in [0, 0.05) is 24.3 Å². The monoisotopic (exact) mass is 372 g/mol. The summed E-state index contributed by atoms with van der Waals surface area (Å²) in [5.41, 5.74) is 0. The molecule has 7 heteroatoms. The standard InChI is InChI=1S/C17H24O5S2/c1-3-4-11(18)15-12(19)9-10(5-6-13-23-7-8-24-13)14(16(15)20)17(21)22-2/h10,13-15H,3-9H2,1-2H3. The summed E-state index contributed by atoms with van der Waals surface area (Å²) >= 11 is 3.77. The molecule has 0 bridgehead atoms. The number of carbonyl (C=O) groups excluding carboxylic acids is 4. The van der Waals surface area contributed by atoms with Crippen LogP contribution in [-0.4, -0.2) is 46.5 Å². The number of carbonyl (C=O) groups is 4. The average Bonchev–Trinajstić information content (AvgIpc) is 3.05. The number of hydrogen-bond donors (Lipinski definition) is 0. The SMILES string of the molecule is CCCC(=O)C1C(=O)CC(CCC2SCCS2)C(C(=O)OC)C1=O. The van der Waals surface area contributed by atoms with E-state index in [1.54, 1.807) is 0 Å². The maximum Gasteiger partial charge on any atom is 0.316 e. The van der Waals surface area contributed by atoms with Crippen molar-refractivity contribution < 1.29 is 23.9 Å². The molecule has 2 rings (SSSR count). The minimum Gasteiger partial charge on any atom is -0.468 e. The largest absolute Gasteiger partial charge is 0.468 e. The second-order valence-electron chi connectivity index (χ2n) is 6.23. The number of hydrogen-bond acceptors (Lipinski definition) is 7. The van der Waals surface area contributed by atoms with Crippen LogP contribution in [0.15, 0.2) is 0 Å². The van der Waals surface area contributed by atoms with E-state index in [1.807, 2.05) is 30.4 Å². The van der Waals surface area contributed by atoms with Crippen LogP contribution in [0.1, 0.15) is 39.0 Å². The maximum atomic E-state index is 12.7. The zero-order valence-corrected chi connectivity index (χ0v) is 15.7. The lowest BCUT2D eigenvalue weighted by molar-refractivity contribution is -0.158. The first kappa shape index (κ1) is 19.5. The van der Waals surface area contributed by atoms with Crippen molar-refractivity contribution in [3.63, 3.8) is 0 Å². The molecule has 1 saturated heterocycles. The van der Waals surface area contributed by atoms with Crippen LogP contribution in [0.25, 0.3) is 0 Å². The molecule has 24 heavy (non-hydrogen) atoms. The summed E-state index contributed by atoms with van der Waals surface area (Å²) < 4.78 is 5.26. The highest BCUT2D eigenvalue weighted by molar-refractivity contribution is 8.20. The molecule has 0 N–H and O–H groups in total. The van der Waals surface area contributed by atoms with Gasteiger partial charge in [0.05, 0.1) is 11.7 Å². The lowest BCUT2D eigenvalue weighted by Crippen LogP contribution is -2.48. The molecule has 0 aromatic heterocycles. The van der Waals surface area contributed by atoms with Crippen molar-refractivity contribution >= 4 is 46.8 Å². The highest BCUT2D eigenvalue weighted by Gasteiger charge is 2.49. The van der Waals surface area contributed by atoms with E-state index < -0.39 is 23.6 Å². The van der Waals surface area contributed by atoms with Gasteiger partial charge in [-0.2, -0.15) is 0 Å². The summed E-state index contributed by atoms with van der Waals surface area (Å²) in [5.74, 6) is -2.19. The third kappa shape index (κ3) is 4.42. The second kappa shape index (κ2) is 9.04. The fourth-order valence-corrected chi connectivity index (χ4v) is 6.29. The number of ether oxygens (including phenoxy) is 1. The Balaban J connectivity index is 2.12. The van der Waals surface area contributed by atoms with E-state index in [0.717, 1.165) is 17.9 Å². The van der Waals surface area contributed by atoms with Gasteiger partial charge in [0.1, 0.15) is 11.8 Å². The first-order valence-electron chi connectivity index (χ1n) is 8.39. The first-order valence-corrected chi connectivity index (χ1v) is 10.5. The fraction of sp³-hybridized carbons (Fsp3) is 0.765. The molecule has 0 aromatic rings. The summed E-state index contributed by atoms with van der Waals surface area (Å²) in [6, 6.07) is 0. The average molecular weight is 373 g/mol. The van der Waals surface area contributed by atoms with Crippen molar-refractivity contribution in [3.8, 4) is 0 Å². The minimum absolute atomic E-state index is 0.119. The van der Waals surface area contributed by atoms with Crippen molar-refractivity contribution in [3.05, 3.63) is 0 Å². The van der Waals surface area contributed by atoms with Gasteiger partial charge in [-0.15, -0.1) is 23.5 Å². The molecule has 1 heterocycles. The number of esters is 1. The Bertz CT molecular complexity index is 513. The molecule has 0 spiro atoms. The molecule has 2 fully saturated rings. The van der Waals surface area contributed by atoms with E-state index >= 15 is 0 Å². The Morgan fingerprint density at radius 3 is 2.42 bits per heavy atom. The lowest BCUT2D eigenvalue weighted by atomic mass is 9.69. The Hall–Kier alpha value is -0.820. The Labute approximate surface area is 151 Å². The van der Waals surface area contributed by atoms with Gasteiger partial charge in [0.25, 0.3) is 0 Å². The molecule has 5 nitrogen and oxygen atoms in total. The Morgan fingerprint density at radius 2 is 1.83 bits per heavy atom. The van der Waals surface area contributed by atoms with E-state index in [2.05, 4.69) is 0 Å². The molecule has 3 unspecified atom stereocenters. The summed E-state index contributed by atoms with van der Waals surface area (Å²) in [7, 11) is 1.24. The van der Waals surface area contributed by atoms with Gasteiger partial charge >= 0.3 is 5.97 Å². The molecule has 1 aliphatic carbocycles. The van der Waals surface area contributed by atoms with Crippen molar-refractivity contribution in [2.45, 2.75) is 43.6 Å². The number of methoxy groups -OCH3 is 1. The Morgan fingerprint density at radius 1 is 1.17 bits per heavy atom. The van der Waals surface area contributed by atoms with Crippen LogP contribution < -0.4 is 0 Å². The summed E-state index contributed by atoms with van der Waals surface area (Å²) in [4.78, 5) is 49.4. The maximum absolute atomic E-state index is 12.7. The van der Waals surface area contributed by atoms with Gasteiger partial charge in [-0.05, 0) is 25.2 Å². The van der Waals surface area contributed by atoms with Gasteiger partial charge in [-0.25, -0.2) is 0 Å². The van der Waals surface area contributed by atoms with Crippen LogP contribution >= 0.6 is 23.5 Å². The quantitative estimate of drug-likeness (QED) is 0.502. The fourth-order valence-electron chi connectivity index (χ4n) is 3.42. The van der Waals surface area contributed by atoms with Crippen molar-refractivity contribution in [2.75, 3.05) is 18.6 Å². The zero-order chi connectivity index (χ0) is 17.7. The zero-order valence-electron chi connectivity index (χ0n) is 14.1. The molecule has 0 radical (unpaired) electrons. The Kier molecular flexibility index (Phi) is 7.34. The molecule has 0 amide bonds. The number of Topliss-reactive ketones (excluding diaryl/α,β-unsaturated/α-hetero) is 3. The van der Waals surface area contributed by atoms with Crippen LogP contribution in [-0.2, 0) is 23.9 Å². The summed E-state index contributed by atoms with van der Waals surface area (Å²) in [5, 5.41) is 0. The van der Waals surface area contributed by atoms with Crippen LogP contribution in [0.3, 0.4) is 0 Å². The van der Waals surface area contributed by atoms with Gasteiger partial charge in [-0.1, -0.05) is 6.92 Å². The lowest BCUT2D eigenvalue weighted by Gasteiger charge is -2.32. The predicted octanol–water partition coefficient (Wildman–Crippen LogP) is 2.51. The van der Waals surface area contributed by atoms with Gasteiger partial charge in [0.2, 0.25) is 0 Å². The van der Waals surface area contributed by atoms with Crippen LogP contribution in [0.4, 0.5) is 0 Å². The van der Waals surface area contributed by atoms with Crippen LogP contribution in [0, 0.1) is 17.8 Å². The first-order chi connectivity index (χ1) is 11.5. The molecule has 3 atom stereocenters. The van der Waals surface area contributed by atoms with Crippen molar-refractivity contribution in [1.29, 1.82) is 0 Å². The van der Waals surface area contributed by atoms with Crippen molar-refractivity contribution in [1.82, 2.24) is 0 Å². The van der Waals surface area contributed by atoms with Gasteiger partial charge in [-0.3, -0.25) is 19.2 Å². The molecule has 1 aliphatic heterocycles. The molecule has 1 saturated carbocycles. The second-order valence-corrected chi connectivity index (χ2v) is 9.15. The third-order valence-corrected chi connectivity index (χ3v) is 7.75. The normalized spacial score (nSPS) is 28.2. The molecule has 134 valence electrons. The molecular formula is C17H24O5S2. The van der Waals surface area contributed by atoms with E-state index in [4.69, 9.17) is 4.74 Å². The molecular weight excluding hydrogens is 348 g/mol. The topological polar surface area (TPSA) is 77.5 Å². The predicted molar refractivity (Wildman–Crippen MR) is 95.0 cm³/mol. The minimum atomic E-state index is -1.26. The van der Waals surface area contributed by atoms with E-state index in [1.165, 1.54) is 7.11 Å².